The molecule has 0 amide bonds. The molecule has 0 N–H and O–H groups in total. The molecular weight excluding hydrogens is 216 g/mol. The Morgan fingerprint density at radius 3 is 2.65 bits per heavy atom. The van der Waals surface area contributed by atoms with E-state index in [1.54, 1.807) is 7.11 Å². The van der Waals surface area contributed by atoms with Crippen LogP contribution in [-0.4, -0.2) is 13.1 Å². The number of methoxy groups -OCH3 is 1. The molecule has 0 saturated carbocycles. The predicted molar refractivity (Wildman–Crippen MR) is 66.9 cm³/mol. The van der Waals surface area contributed by atoms with Crippen LogP contribution in [0.15, 0.2) is 24.3 Å². The van der Waals surface area contributed by atoms with Crippen molar-refractivity contribution < 1.29 is 14.3 Å². The van der Waals surface area contributed by atoms with E-state index in [4.69, 9.17) is 9.47 Å². The van der Waals surface area contributed by atoms with E-state index in [-0.39, 0.29) is 5.97 Å². The van der Waals surface area contributed by atoms with Crippen molar-refractivity contribution in [2.45, 2.75) is 33.8 Å². The van der Waals surface area contributed by atoms with Gasteiger partial charge in [0.25, 0.3) is 0 Å². The van der Waals surface area contributed by atoms with Crippen LogP contribution in [0.4, 0.5) is 0 Å². The summed E-state index contributed by atoms with van der Waals surface area (Å²) < 4.78 is 10.4. The predicted octanol–water partition coefficient (Wildman–Crippen LogP) is 3.17. The highest BCUT2D eigenvalue weighted by atomic mass is 16.5. The highest BCUT2D eigenvalue weighted by Gasteiger charge is 2.26. The summed E-state index contributed by atoms with van der Waals surface area (Å²) in [5.41, 5.74) is 0.517. The molecule has 0 aromatic heterocycles. The molecule has 0 saturated heterocycles. The van der Waals surface area contributed by atoms with Gasteiger partial charge < -0.3 is 9.47 Å². The fraction of sp³-hybridized carbons (Fsp3) is 0.500. The van der Waals surface area contributed by atoms with Gasteiger partial charge in [-0.05, 0) is 38.0 Å². The molecule has 1 rings (SSSR count). The van der Waals surface area contributed by atoms with E-state index in [9.17, 15) is 4.79 Å². The first-order chi connectivity index (χ1) is 7.99. The third-order valence-electron chi connectivity index (χ3n) is 2.94. The van der Waals surface area contributed by atoms with E-state index in [1.165, 1.54) is 0 Å². The molecule has 1 aromatic rings. The number of rotatable bonds is 5. The summed E-state index contributed by atoms with van der Waals surface area (Å²) in [5.74, 6) is 0.608. The van der Waals surface area contributed by atoms with Crippen molar-refractivity contribution in [1.82, 2.24) is 0 Å². The van der Waals surface area contributed by atoms with Crippen LogP contribution in [0.2, 0.25) is 0 Å². The molecule has 3 heteroatoms. The Morgan fingerprint density at radius 1 is 1.35 bits per heavy atom. The van der Waals surface area contributed by atoms with Crippen molar-refractivity contribution >= 4 is 5.97 Å². The van der Waals surface area contributed by atoms with Gasteiger partial charge in [-0.2, -0.15) is 0 Å². The number of hydrogen-bond donors (Lipinski definition) is 0. The molecule has 1 aromatic carbocycles. The molecule has 0 heterocycles. The Bertz CT molecular complexity index is 383. The molecule has 0 bridgehead atoms. The van der Waals surface area contributed by atoms with E-state index in [0.29, 0.717) is 6.61 Å². The smallest absolute Gasteiger partial charge is 0.311 e. The minimum absolute atomic E-state index is 0.164. The topological polar surface area (TPSA) is 35.5 Å². The van der Waals surface area contributed by atoms with Gasteiger partial charge in [-0.25, -0.2) is 0 Å². The number of carbonyl (C=O) groups is 1. The number of carbonyl (C=O) groups excluding carboxylic acids is 1. The van der Waals surface area contributed by atoms with Gasteiger partial charge in [-0.3, -0.25) is 4.79 Å². The van der Waals surface area contributed by atoms with Crippen LogP contribution in [0, 0.1) is 5.41 Å². The van der Waals surface area contributed by atoms with E-state index < -0.39 is 5.41 Å². The monoisotopic (exact) mass is 236 g/mol. The molecule has 0 atom stereocenters. The van der Waals surface area contributed by atoms with Crippen molar-refractivity contribution in [3.63, 3.8) is 0 Å². The van der Waals surface area contributed by atoms with Gasteiger partial charge in [0.05, 0.1) is 12.5 Å². The normalized spacial score (nSPS) is 11.1. The Balaban J connectivity index is 2.58. The molecule has 94 valence electrons. The lowest BCUT2D eigenvalue weighted by molar-refractivity contribution is -0.155. The van der Waals surface area contributed by atoms with Crippen LogP contribution in [0.3, 0.4) is 0 Å². The molecule has 0 spiro atoms. The number of hydrogen-bond acceptors (Lipinski definition) is 3. The molecule has 0 aliphatic heterocycles. The van der Waals surface area contributed by atoms with Crippen molar-refractivity contribution in [3.05, 3.63) is 29.8 Å². The summed E-state index contributed by atoms with van der Waals surface area (Å²) >= 11 is 0. The zero-order valence-electron chi connectivity index (χ0n) is 10.9. The van der Waals surface area contributed by atoms with Gasteiger partial charge in [0.1, 0.15) is 12.4 Å². The van der Waals surface area contributed by atoms with Crippen molar-refractivity contribution in [1.29, 1.82) is 0 Å². The minimum Gasteiger partial charge on any atom is -0.497 e. The van der Waals surface area contributed by atoms with Gasteiger partial charge in [0.2, 0.25) is 0 Å². The maximum atomic E-state index is 11.8. The first-order valence-electron chi connectivity index (χ1n) is 5.79. The van der Waals surface area contributed by atoms with Crippen LogP contribution < -0.4 is 4.74 Å². The van der Waals surface area contributed by atoms with Gasteiger partial charge in [-0.1, -0.05) is 19.1 Å². The zero-order valence-corrected chi connectivity index (χ0v) is 10.9. The highest BCUT2D eigenvalue weighted by molar-refractivity contribution is 5.75. The summed E-state index contributed by atoms with van der Waals surface area (Å²) in [6.45, 7) is 6.05. The van der Waals surface area contributed by atoms with Crippen LogP contribution in [-0.2, 0) is 16.1 Å². The maximum absolute atomic E-state index is 11.8. The molecule has 3 nitrogen and oxygen atoms in total. The molecule has 0 radical (unpaired) electrons. The van der Waals surface area contributed by atoms with Gasteiger partial charge in [0.15, 0.2) is 0 Å². The standard InChI is InChI=1S/C14H20O3/c1-5-14(2,3)13(15)17-10-11-7-6-8-12(9-11)16-4/h6-9H,5,10H2,1-4H3. The fourth-order valence-electron chi connectivity index (χ4n) is 1.25. The van der Waals surface area contributed by atoms with Crippen LogP contribution in [0.25, 0.3) is 0 Å². The zero-order chi connectivity index (χ0) is 12.9. The van der Waals surface area contributed by atoms with Crippen molar-refractivity contribution in [2.24, 2.45) is 5.41 Å². The molecule has 0 fully saturated rings. The second-order valence-corrected chi connectivity index (χ2v) is 4.67. The second kappa shape index (κ2) is 5.71. The van der Waals surface area contributed by atoms with Crippen molar-refractivity contribution in [3.8, 4) is 5.75 Å². The molecular formula is C14H20O3. The fourth-order valence-corrected chi connectivity index (χ4v) is 1.25. The molecule has 0 aliphatic rings. The Hall–Kier alpha value is -1.51. The first kappa shape index (κ1) is 13.6. The van der Waals surface area contributed by atoms with E-state index in [0.717, 1.165) is 17.7 Å². The van der Waals surface area contributed by atoms with E-state index in [1.807, 2.05) is 45.0 Å². The SMILES string of the molecule is CCC(C)(C)C(=O)OCc1cccc(OC)c1. The van der Waals surface area contributed by atoms with E-state index >= 15 is 0 Å². The summed E-state index contributed by atoms with van der Waals surface area (Å²) in [5, 5.41) is 0. The van der Waals surface area contributed by atoms with E-state index in [2.05, 4.69) is 0 Å². The molecule has 17 heavy (non-hydrogen) atoms. The lowest BCUT2D eigenvalue weighted by Gasteiger charge is -2.20. The van der Waals surface area contributed by atoms with Crippen LogP contribution in [0.5, 0.6) is 5.75 Å². The van der Waals surface area contributed by atoms with Crippen LogP contribution in [0.1, 0.15) is 32.8 Å². The summed E-state index contributed by atoms with van der Waals surface area (Å²) in [6.07, 6.45) is 0.768. The van der Waals surface area contributed by atoms with Gasteiger partial charge in [0, 0.05) is 0 Å². The third kappa shape index (κ3) is 3.77. The average Bonchev–Trinajstić information content (AvgIpc) is 2.36. The first-order valence-corrected chi connectivity index (χ1v) is 5.79. The number of ether oxygens (including phenoxy) is 2. The summed E-state index contributed by atoms with van der Waals surface area (Å²) in [4.78, 5) is 11.8. The van der Waals surface area contributed by atoms with Crippen LogP contribution >= 0.6 is 0 Å². The third-order valence-corrected chi connectivity index (χ3v) is 2.94. The highest BCUT2D eigenvalue weighted by Crippen LogP contribution is 2.22. The van der Waals surface area contributed by atoms with Gasteiger partial charge >= 0.3 is 5.97 Å². The average molecular weight is 236 g/mol. The Labute approximate surface area is 103 Å². The molecule has 0 aliphatic carbocycles. The van der Waals surface area contributed by atoms with Crippen molar-refractivity contribution in [2.75, 3.05) is 7.11 Å². The second-order valence-electron chi connectivity index (χ2n) is 4.67. The largest absolute Gasteiger partial charge is 0.497 e. The Morgan fingerprint density at radius 2 is 2.06 bits per heavy atom. The Kier molecular flexibility index (Phi) is 4.55. The van der Waals surface area contributed by atoms with Gasteiger partial charge in [-0.15, -0.1) is 0 Å². The number of benzene rings is 1. The summed E-state index contributed by atoms with van der Waals surface area (Å²) in [6, 6.07) is 7.52. The summed E-state index contributed by atoms with van der Waals surface area (Å²) in [7, 11) is 1.62. The lowest BCUT2D eigenvalue weighted by Crippen LogP contribution is -2.25. The lowest BCUT2D eigenvalue weighted by atomic mass is 9.91. The molecule has 0 unspecified atom stereocenters. The number of esters is 1. The maximum Gasteiger partial charge on any atom is 0.311 e. The quantitative estimate of drug-likeness (QED) is 0.737. The minimum atomic E-state index is -0.418.